The first-order valence-electron chi connectivity index (χ1n) is 7.54. The van der Waals surface area contributed by atoms with Gasteiger partial charge in [-0.25, -0.2) is 0 Å². The van der Waals surface area contributed by atoms with E-state index in [0.29, 0.717) is 41.0 Å². The van der Waals surface area contributed by atoms with E-state index in [1.165, 1.54) is 12.1 Å². The molecule has 0 unspecified atom stereocenters. The number of amides is 1. The molecule has 9 heteroatoms. The number of ether oxygens (including phenoxy) is 3. The van der Waals surface area contributed by atoms with Gasteiger partial charge in [-0.2, -0.15) is 0 Å². The minimum Gasteiger partial charge on any atom is -0.486 e. The lowest BCUT2D eigenvalue weighted by Gasteiger charge is -2.20. The fraction of sp³-hybridized carbons (Fsp3) is 0.235. The molecule has 0 fully saturated rings. The zero-order chi connectivity index (χ0) is 18.7. The van der Waals surface area contributed by atoms with E-state index in [1.54, 1.807) is 12.1 Å². The Morgan fingerprint density at radius 3 is 2.54 bits per heavy atom. The highest BCUT2D eigenvalue weighted by Gasteiger charge is 2.31. The molecule has 0 aromatic heterocycles. The highest BCUT2D eigenvalue weighted by atomic mass is 35.5. The summed E-state index contributed by atoms with van der Waals surface area (Å²) in [6, 6.07) is 8.13. The summed E-state index contributed by atoms with van der Waals surface area (Å²) in [6.45, 7) is 0.798. The van der Waals surface area contributed by atoms with E-state index in [1.807, 2.05) is 0 Å². The van der Waals surface area contributed by atoms with Crippen molar-refractivity contribution < 1.29 is 32.2 Å². The molecule has 0 bridgehead atoms. The van der Waals surface area contributed by atoms with Crippen molar-refractivity contribution in [2.24, 2.45) is 0 Å². The summed E-state index contributed by atoms with van der Waals surface area (Å²) in [7, 11) is 0. The third kappa shape index (κ3) is 4.72. The van der Waals surface area contributed by atoms with Gasteiger partial charge in [0.05, 0.1) is 11.4 Å². The minimum atomic E-state index is -4.76. The van der Waals surface area contributed by atoms with Crippen molar-refractivity contribution in [1.29, 1.82) is 0 Å². The molecular formula is C17H13ClF3NO4. The van der Waals surface area contributed by atoms with Crippen molar-refractivity contribution in [3.63, 3.8) is 0 Å². The summed E-state index contributed by atoms with van der Waals surface area (Å²) in [4.78, 5) is 12.1. The number of rotatable bonds is 4. The Balaban J connectivity index is 1.63. The average molecular weight is 388 g/mol. The Kier molecular flexibility index (Phi) is 5.13. The molecule has 1 aliphatic heterocycles. The largest absolute Gasteiger partial charge is 0.573 e. The highest BCUT2D eigenvalue weighted by molar-refractivity contribution is 6.32. The van der Waals surface area contributed by atoms with Crippen LogP contribution in [0.25, 0.3) is 0 Å². The molecule has 0 saturated carbocycles. The van der Waals surface area contributed by atoms with E-state index < -0.39 is 6.36 Å². The standard InChI is InChI=1S/C17H13ClF3NO4/c18-13-7-10(8-14-16(13)25-6-5-24-14)9-15(23)22-11-1-3-12(4-2-11)26-17(19,20)21/h1-4,7-8H,5-6,9H2,(H,22,23). The lowest BCUT2D eigenvalue weighted by Crippen LogP contribution is -2.18. The van der Waals surface area contributed by atoms with Crippen LogP contribution in [0.15, 0.2) is 36.4 Å². The molecule has 1 aliphatic rings. The summed E-state index contributed by atoms with van der Waals surface area (Å²) in [5.41, 5.74) is 0.960. The van der Waals surface area contributed by atoms with Gasteiger partial charge in [-0.15, -0.1) is 13.2 Å². The fourth-order valence-electron chi connectivity index (χ4n) is 2.40. The SMILES string of the molecule is O=C(Cc1cc(Cl)c2c(c1)OCCO2)Nc1ccc(OC(F)(F)F)cc1. The van der Waals surface area contributed by atoms with Crippen molar-refractivity contribution >= 4 is 23.2 Å². The number of nitrogens with one attached hydrogen (secondary N) is 1. The van der Waals surface area contributed by atoms with Crippen molar-refractivity contribution in [3.05, 3.63) is 47.0 Å². The van der Waals surface area contributed by atoms with E-state index in [4.69, 9.17) is 21.1 Å². The maximum atomic E-state index is 12.1. The molecule has 0 aliphatic carbocycles. The van der Waals surface area contributed by atoms with E-state index in [9.17, 15) is 18.0 Å². The smallest absolute Gasteiger partial charge is 0.486 e. The molecule has 1 heterocycles. The molecular weight excluding hydrogens is 375 g/mol. The summed E-state index contributed by atoms with van der Waals surface area (Å²) in [6.07, 6.45) is -4.75. The van der Waals surface area contributed by atoms with Crippen LogP contribution in [0.5, 0.6) is 17.2 Å². The molecule has 26 heavy (non-hydrogen) atoms. The van der Waals surface area contributed by atoms with Crippen molar-refractivity contribution in [2.75, 3.05) is 18.5 Å². The molecule has 0 radical (unpaired) electrons. The number of halogens is 4. The molecule has 0 saturated heterocycles. The maximum absolute atomic E-state index is 12.1. The summed E-state index contributed by atoms with van der Waals surface area (Å²) in [5.74, 6) is 0.193. The lowest BCUT2D eigenvalue weighted by atomic mass is 10.1. The van der Waals surface area contributed by atoms with Gasteiger partial charge in [0, 0.05) is 5.69 Å². The molecule has 2 aromatic rings. The van der Waals surface area contributed by atoms with E-state index >= 15 is 0 Å². The van der Waals surface area contributed by atoms with E-state index in [2.05, 4.69) is 10.1 Å². The van der Waals surface area contributed by atoms with Gasteiger partial charge < -0.3 is 19.5 Å². The number of benzene rings is 2. The third-order valence-corrected chi connectivity index (χ3v) is 3.67. The summed E-state index contributed by atoms with van der Waals surface area (Å²) in [5, 5.41) is 2.94. The highest BCUT2D eigenvalue weighted by Crippen LogP contribution is 2.38. The molecule has 0 spiro atoms. The topological polar surface area (TPSA) is 56.8 Å². The van der Waals surface area contributed by atoms with Crippen molar-refractivity contribution in [2.45, 2.75) is 12.8 Å². The van der Waals surface area contributed by atoms with Gasteiger partial charge in [0.15, 0.2) is 11.5 Å². The number of alkyl halides is 3. The normalized spacial score (nSPS) is 13.2. The van der Waals surface area contributed by atoms with Crippen LogP contribution in [0, 0.1) is 0 Å². The summed E-state index contributed by atoms with van der Waals surface area (Å²) < 4.78 is 51.0. The number of hydrogen-bond acceptors (Lipinski definition) is 4. The molecule has 2 aromatic carbocycles. The zero-order valence-corrected chi connectivity index (χ0v) is 14.0. The predicted octanol–water partition coefficient (Wildman–Crippen LogP) is 4.19. The Bertz CT molecular complexity index is 809. The monoisotopic (exact) mass is 387 g/mol. The van der Waals surface area contributed by atoms with Gasteiger partial charge in [-0.3, -0.25) is 4.79 Å². The van der Waals surface area contributed by atoms with Crippen LogP contribution in [0.2, 0.25) is 5.02 Å². The Morgan fingerprint density at radius 2 is 1.85 bits per heavy atom. The van der Waals surface area contributed by atoms with Gasteiger partial charge in [0.2, 0.25) is 5.91 Å². The van der Waals surface area contributed by atoms with Crippen LogP contribution in [0.4, 0.5) is 18.9 Å². The van der Waals surface area contributed by atoms with Gasteiger partial charge >= 0.3 is 6.36 Å². The van der Waals surface area contributed by atoms with Crippen LogP contribution >= 0.6 is 11.6 Å². The second kappa shape index (κ2) is 7.33. The Labute approximate surface area is 151 Å². The predicted molar refractivity (Wildman–Crippen MR) is 87.9 cm³/mol. The van der Waals surface area contributed by atoms with Crippen LogP contribution < -0.4 is 19.5 Å². The van der Waals surface area contributed by atoms with Crippen molar-refractivity contribution in [1.82, 2.24) is 0 Å². The third-order valence-electron chi connectivity index (χ3n) is 3.39. The van der Waals surface area contributed by atoms with Crippen LogP contribution in [-0.2, 0) is 11.2 Å². The number of hydrogen-bond donors (Lipinski definition) is 1. The first kappa shape index (κ1) is 18.2. The second-order valence-electron chi connectivity index (χ2n) is 5.40. The number of carbonyl (C=O) groups is 1. The van der Waals surface area contributed by atoms with Crippen LogP contribution in [0.1, 0.15) is 5.56 Å². The number of anilines is 1. The second-order valence-corrected chi connectivity index (χ2v) is 5.81. The summed E-state index contributed by atoms with van der Waals surface area (Å²) >= 11 is 6.12. The molecule has 0 atom stereocenters. The molecule has 138 valence electrons. The van der Waals surface area contributed by atoms with Gasteiger partial charge in [0.1, 0.15) is 19.0 Å². The molecule has 3 rings (SSSR count). The van der Waals surface area contributed by atoms with Crippen LogP contribution in [-0.4, -0.2) is 25.5 Å². The van der Waals surface area contributed by atoms with Gasteiger partial charge in [-0.1, -0.05) is 11.6 Å². The fourth-order valence-corrected chi connectivity index (χ4v) is 2.68. The van der Waals surface area contributed by atoms with Crippen molar-refractivity contribution in [3.8, 4) is 17.2 Å². The Morgan fingerprint density at radius 1 is 1.15 bits per heavy atom. The first-order valence-corrected chi connectivity index (χ1v) is 7.92. The van der Waals surface area contributed by atoms with E-state index in [-0.39, 0.29) is 18.1 Å². The maximum Gasteiger partial charge on any atom is 0.573 e. The zero-order valence-electron chi connectivity index (χ0n) is 13.2. The minimum absolute atomic E-state index is 0.0111. The van der Waals surface area contributed by atoms with Crippen LogP contribution in [0.3, 0.4) is 0 Å². The molecule has 5 nitrogen and oxygen atoms in total. The molecule has 1 N–H and O–H groups in total. The van der Waals surface area contributed by atoms with Gasteiger partial charge in [-0.05, 0) is 42.0 Å². The molecule has 1 amide bonds. The Hall–Kier alpha value is -2.61. The first-order chi connectivity index (χ1) is 12.3. The number of fused-ring (bicyclic) bond motifs is 1. The quantitative estimate of drug-likeness (QED) is 0.854. The average Bonchev–Trinajstić information content (AvgIpc) is 2.55. The lowest BCUT2D eigenvalue weighted by molar-refractivity contribution is -0.274. The van der Waals surface area contributed by atoms with E-state index in [0.717, 1.165) is 12.1 Å². The number of carbonyl (C=O) groups excluding carboxylic acids is 1. The van der Waals surface area contributed by atoms with Gasteiger partial charge in [0.25, 0.3) is 0 Å².